The number of rotatable bonds is 2. The van der Waals surface area contributed by atoms with Crippen LogP contribution in [0.15, 0.2) is 36.4 Å². The summed E-state index contributed by atoms with van der Waals surface area (Å²) in [6.45, 7) is 3.77. The first kappa shape index (κ1) is 13.6. The SMILES string of the molecule is Cc1cccc(-c2nc3n(c2-c2cccc4nsnc24)CCN3)n1. The van der Waals surface area contributed by atoms with Gasteiger partial charge in [0.05, 0.1) is 23.1 Å². The molecule has 0 aliphatic carbocycles. The predicted molar refractivity (Wildman–Crippen MR) is 95.1 cm³/mol. The van der Waals surface area contributed by atoms with Gasteiger partial charge in [-0.1, -0.05) is 18.2 Å². The maximum Gasteiger partial charge on any atom is 0.204 e. The van der Waals surface area contributed by atoms with Crippen LogP contribution in [0.4, 0.5) is 5.95 Å². The van der Waals surface area contributed by atoms with Gasteiger partial charge < -0.3 is 9.88 Å². The van der Waals surface area contributed by atoms with Gasteiger partial charge in [0.2, 0.25) is 5.95 Å². The van der Waals surface area contributed by atoms with E-state index >= 15 is 0 Å². The van der Waals surface area contributed by atoms with E-state index in [4.69, 9.17) is 4.98 Å². The highest BCUT2D eigenvalue weighted by Gasteiger charge is 2.25. The second-order valence-corrected chi connectivity index (χ2v) is 6.34. The average molecular weight is 334 g/mol. The second kappa shape index (κ2) is 5.10. The largest absolute Gasteiger partial charge is 0.354 e. The number of hydrogen-bond donors (Lipinski definition) is 1. The number of aromatic nitrogens is 5. The third-order valence-electron chi connectivity index (χ3n) is 4.26. The summed E-state index contributed by atoms with van der Waals surface area (Å²) in [4.78, 5) is 9.49. The Kier molecular flexibility index (Phi) is 2.90. The zero-order valence-corrected chi connectivity index (χ0v) is 13.8. The molecule has 0 fully saturated rings. The van der Waals surface area contributed by atoms with Crippen LogP contribution in [0.1, 0.15) is 5.69 Å². The van der Waals surface area contributed by atoms with E-state index in [9.17, 15) is 0 Å². The molecule has 0 saturated carbocycles. The Hall–Kier alpha value is -2.80. The van der Waals surface area contributed by atoms with Crippen molar-refractivity contribution in [1.29, 1.82) is 0 Å². The zero-order valence-electron chi connectivity index (χ0n) is 13.0. The molecule has 1 aliphatic rings. The van der Waals surface area contributed by atoms with E-state index in [0.29, 0.717) is 0 Å². The second-order valence-electron chi connectivity index (χ2n) is 5.81. The van der Waals surface area contributed by atoms with Gasteiger partial charge in [-0.3, -0.25) is 4.98 Å². The van der Waals surface area contributed by atoms with Crippen molar-refractivity contribution in [3.63, 3.8) is 0 Å². The number of anilines is 1. The Bertz CT molecular complexity index is 1060. The van der Waals surface area contributed by atoms with Crippen LogP contribution in [0.2, 0.25) is 0 Å². The fourth-order valence-electron chi connectivity index (χ4n) is 3.21. The molecule has 5 rings (SSSR count). The van der Waals surface area contributed by atoms with E-state index in [1.807, 2.05) is 37.3 Å². The molecule has 3 aromatic heterocycles. The first-order valence-corrected chi connectivity index (χ1v) is 8.54. The van der Waals surface area contributed by atoms with Crippen molar-refractivity contribution in [2.45, 2.75) is 13.5 Å². The minimum absolute atomic E-state index is 0.883. The quantitative estimate of drug-likeness (QED) is 0.609. The van der Waals surface area contributed by atoms with Crippen LogP contribution in [0.25, 0.3) is 33.7 Å². The lowest BCUT2D eigenvalue weighted by Crippen LogP contribution is -2.00. The Morgan fingerprint density at radius 3 is 2.92 bits per heavy atom. The molecule has 0 radical (unpaired) electrons. The maximum absolute atomic E-state index is 4.81. The van der Waals surface area contributed by atoms with E-state index < -0.39 is 0 Å². The van der Waals surface area contributed by atoms with E-state index in [1.54, 1.807) is 0 Å². The minimum Gasteiger partial charge on any atom is -0.354 e. The predicted octanol–water partition coefficient (Wildman–Crippen LogP) is 3.35. The number of benzene rings is 1. The maximum atomic E-state index is 4.81. The standard InChI is InChI=1S/C17H14N6S/c1-10-4-2-6-12(19-10)15-16(23-9-8-18-17(23)20-15)11-5-3-7-13-14(11)22-24-21-13/h2-7H,8-9H2,1H3,(H,18,20). The fourth-order valence-corrected chi connectivity index (χ4v) is 3.76. The molecule has 0 spiro atoms. The third-order valence-corrected chi connectivity index (χ3v) is 4.80. The lowest BCUT2D eigenvalue weighted by molar-refractivity contribution is 0.818. The number of nitrogens with zero attached hydrogens (tertiary/aromatic N) is 5. The van der Waals surface area contributed by atoms with Crippen LogP contribution in [-0.2, 0) is 6.54 Å². The van der Waals surface area contributed by atoms with Gasteiger partial charge in [-0.15, -0.1) is 0 Å². The van der Waals surface area contributed by atoms with Crippen molar-refractivity contribution < 1.29 is 0 Å². The van der Waals surface area contributed by atoms with E-state index in [1.165, 1.54) is 11.7 Å². The van der Waals surface area contributed by atoms with Crippen LogP contribution in [0, 0.1) is 6.92 Å². The summed E-state index contributed by atoms with van der Waals surface area (Å²) in [7, 11) is 0. The van der Waals surface area contributed by atoms with Gasteiger partial charge in [-0.05, 0) is 25.1 Å². The first-order chi connectivity index (χ1) is 11.8. The molecule has 0 bridgehead atoms. The van der Waals surface area contributed by atoms with Gasteiger partial charge in [0.15, 0.2) is 0 Å². The molecule has 118 valence electrons. The summed E-state index contributed by atoms with van der Waals surface area (Å²) in [6, 6.07) is 12.1. The number of fused-ring (bicyclic) bond motifs is 2. The molecule has 7 heteroatoms. The Labute approximate surface area is 142 Å². The Morgan fingerprint density at radius 1 is 1.08 bits per heavy atom. The van der Waals surface area contributed by atoms with Gasteiger partial charge >= 0.3 is 0 Å². The van der Waals surface area contributed by atoms with Crippen LogP contribution < -0.4 is 5.32 Å². The molecule has 4 aromatic rings. The van der Waals surface area contributed by atoms with Crippen LogP contribution in [0.3, 0.4) is 0 Å². The summed E-state index contributed by atoms with van der Waals surface area (Å²) in [6.07, 6.45) is 0. The fraction of sp³-hybridized carbons (Fsp3) is 0.176. The zero-order chi connectivity index (χ0) is 16.1. The minimum atomic E-state index is 0.883. The molecule has 0 saturated heterocycles. The number of aryl methyl sites for hydroxylation is 1. The van der Waals surface area contributed by atoms with Crippen molar-refractivity contribution in [3.05, 3.63) is 42.1 Å². The molecule has 0 amide bonds. The van der Waals surface area contributed by atoms with Crippen LogP contribution in [-0.4, -0.2) is 29.8 Å². The van der Waals surface area contributed by atoms with Crippen LogP contribution in [0.5, 0.6) is 0 Å². The van der Waals surface area contributed by atoms with Crippen molar-refractivity contribution in [3.8, 4) is 22.6 Å². The molecule has 0 unspecified atom stereocenters. The van der Waals surface area contributed by atoms with Gasteiger partial charge in [-0.25, -0.2) is 4.98 Å². The van der Waals surface area contributed by atoms with Crippen molar-refractivity contribution in [1.82, 2.24) is 23.3 Å². The number of nitrogens with one attached hydrogen (secondary N) is 1. The lowest BCUT2D eigenvalue weighted by Gasteiger charge is -2.08. The molecule has 0 atom stereocenters. The molecule has 24 heavy (non-hydrogen) atoms. The van der Waals surface area contributed by atoms with Crippen molar-refractivity contribution in [2.24, 2.45) is 0 Å². The summed E-state index contributed by atoms with van der Waals surface area (Å²) in [5.74, 6) is 0.892. The summed E-state index contributed by atoms with van der Waals surface area (Å²) in [5, 5.41) is 3.35. The summed E-state index contributed by atoms with van der Waals surface area (Å²) >= 11 is 1.24. The molecule has 6 nitrogen and oxygen atoms in total. The molecular weight excluding hydrogens is 320 g/mol. The van der Waals surface area contributed by atoms with E-state index in [0.717, 1.165) is 58.4 Å². The normalized spacial score (nSPS) is 13.2. The monoisotopic (exact) mass is 334 g/mol. The highest BCUT2D eigenvalue weighted by atomic mass is 32.1. The highest BCUT2D eigenvalue weighted by molar-refractivity contribution is 7.00. The third kappa shape index (κ3) is 1.94. The van der Waals surface area contributed by atoms with E-state index in [-0.39, 0.29) is 0 Å². The highest BCUT2D eigenvalue weighted by Crippen LogP contribution is 2.38. The first-order valence-electron chi connectivity index (χ1n) is 7.81. The van der Waals surface area contributed by atoms with Crippen molar-refractivity contribution >= 4 is 28.7 Å². The number of hydrogen-bond acceptors (Lipinski definition) is 6. The number of imidazole rings is 1. The van der Waals surface area contributed by atoms with Crippen LogP contribution >= 0.6 is 11.7 Å². The summed E-state index contributed by atoms with van der Waals surface area (Å²) < 4.78 is 11.1. The number of pyridine rings is 1. The molecular formula is C17H14N6S. The Morgan fingerprint density at radius 2 is 2.00 bits per heavy atom. The lowest BCUT2D eigenvalue weighted by atomic mass is 10.1. The topological polar surface area (TPSA) is 68.5 Å². The Balaban J connectivity index is 1.83. The van der Waals surface area contributed by atoms with Crippen molar-refractivity contribution in [2.75, 3.05) is 11.9 Å². The smallest absolute Gasteiger partial charge is 0.204 e. The van der Waals surface area contributed by atoms with Gasteiger partial charge in [0, 0.05) is 24.3 Å². The molecule has 1 aliphatic heterocycles. The molecule has 1 aromatic carbocycles. The van der Waals surface area contributed by atoms with Gasteiger partial charge in [0.1, 0.15) is 16.7 Å². The van der Waals surface area contributed by atoms with E-state index in [2.05, 4.69) is 29.7 Å². The molecule has 4 heterocycles. The summed E-state index contributed by atoms with van der Waals surface area (Å²) in [5.41, 5.74) is 6.71. The molecule has 1 N–H and O–H groups in total. The average Bonchev–Trinajstić information content (AvgIpc) is 3.29. The van der Waals surface area contributed by atoms with Gasteiger partial charge in [-0.2, -0.15) is 8.75 Å². The van der Waals surface area contributed by atoms with Gasteiger partial charge in [0.25, 0.3) is 0 Å².